The molecule has 0 radical (unpaired) electrons. The van der Waals surface area contributed by atoms with Gasteiger partial charge in [-0.25, -0.2) is 0 Å². The van der Waals surface area contributed by atoms with Crippen molar-refractivity contribution in [2.75, 3.05) is 0 Å². The maximum Gasteiger partial charge on any atom is 0.0543 e. The van der Waals surface area contributed by atoms with Crippen LogP contribution in [0.25, 0.3) is 0 Å². The average Bonchev–Trinajstić information content (AvgIpc) is 2.38. The molecular formula is C17H30O. The van der Waals surface area contributed by atoms with Gasteiger partial charge in [-0.15, -0.1) is 0 Å². The Morgan fingerprint density at radius 1 is 0.611 bits per heavy atom. The third-order valence-corrected chi connectivity index (χ3v) is 6.35. The van der Waals surface area contributed by atoms with E-state index in [4.69, 9.17) is 0 Å². The summed E-state index contributed by atoms with van der Waals surface area (Å²) in [6, 6.07) is 0. The fraction of sp³-hybridized carbons (Fsp3) is 1.00. The van der Waals surface area contributed by atoms with Crippen molar-refractivity contribution >= 4 is 0 Å². The van der Waals surface area contributed by atoms with Crippen LogP contribution in [-0.2, 0) is 0 Å². The van der Waals surface area contributed by atoms with E-state index >= 15 is 0 Å². The first-order valence-electron chi connectivity index (χ1n) is 8.40. The fourth-order valence-electron chi connectivity index (χ4n) is 5.09. The van der Waals surface area contributed by atoms with Crippen LogP contribution in [0.5, 0.6) is 0 Å². The monoisotopic (exact) mass is 250 g/mol. The van der Waals surface area contributed by atoms with Crippen LogP contribution in [0.4, 0.5) is 0 Å². The first-order valence-corrected chi connectivity index (χ1v) is 8.40. The van der Waals surface area contributed by atoms with Gasteiger partial charge in [-0.1, -0.05) is 19.8 Å². The Morgan fingerprint density at radius 3 is 1.94 bits per heavy atom. The van der Waals surface area contributed by atoms with Crippen molar-refractivity contribution in [1.82, 2.24) is 0 Å². The Bertz CT molecular complexity index is 267. The van der Waals surface area contributed by atoms with E-state index in [1.54, 1.807) is 0 Å². The summed E-state index contributed by atoms with van der Waals surface area (Å²) in [7, 11) is 0. The molecule has 4 atom stereocenters. The van der Waals surface area contributed by atoms with Crippen molar-refractivity contribution in [2.24, 2.45) is 29.6 Å². The van der Waals surface area contributed by atoms with Gasteiger partial charge in [-0.05, 0) is 81.0 Å². The summed E-state index contributed by atoms with van der Waals surface area (Å²) in [5.41, 5.74) is 0. The predicted molar refractivity (Wildman–Crippen MR) is 75.3 cm³/mol. The molecule has 0 bridgehead atoms. The van der Waals surface area contributed by atoms with Crippen molar-refractivity contribution in [2.45, 2.75) is 77.2 Å². The smallest absolute Gasteiger partial charge is 0.0543 e. The molecule has 0 aromatic carbocycles. The minimum Gasteiger partial charge on any atom is -0.393 e. The molecule has 0 aliphatic heterocycles. The Balaban J connectivity index is 1.55. The number of hydrogen-bond donors (Lipinski definition) is 1. The molecule has 3 fully saturated rings. The van der Waals surface area contributed by atoms with Crippen molar-refractivity contribution in [3.05, 3.63) is 0 Å². The molecule has 1 nitrogen and oxygen atoms in total. The van der Waals surface area contributed by atoms with Crippen LogP contribution in [0.15, 0.2) is 0 Å². The van der Waals surface area contributed by atoms with Crippen LogP contribution in [0, 0.1) is 29.6 Å². The van der Waals surface area contributed by atoms with Gasteiger partial charge in [-0.2, -0.15) is 0 Å². The lowest BCUT2D eigenvalue weighted by molar-refractivity contribution is 0.0185. The molecule has 4 unspecified atom stereocenters. The van der Waals surface area contributed by atoms with Crippen LogP contribution in [0.3, 0.4) is 0 Å². The normalized spacial score (nSPS) is 49.7. The van der Waals surface area contributed by atoms with E-state index in [-0.39, 0.29) is 6.10 Å². The molecular weight excluding hydrogens is 220 g/mol. The summed E-state index contributed by atoms with van der Waals surface area (Å²) in [5.74, 6) is 4.85. The Kier molecular flexibility index (Phi) is 3.98. The molecule has 0 aromatic rings. The second-order valence-electron chi connectivity index (χ2n) is 7.58. The van der Waals surface area contributed by atoms with E-state index in [0.29, 0.717) is 0 Å². The largest absolute Gasteiger partial charge is 0.393 e. The van der Waals surface area contributed by atoms with Crippen LogP contribution in [0.2, 0.25) is 0 Å². The number of rotatable bonds is 1. The Labute approximate surface area is 112 Å². The molecule has 1 N–H and O–H groups in total. The number of fused-ring (bicyclic) bond motifs is 1. The maximum atomic E-state index is 9.88. The highest BCUT2D eigenvalue weighted by atomic mass is 16.3. The zero-order valence-corrected chi connectivity index (χ0v) is 12.0. The van der Waals surface area contributed by atoms with Gasteiger partial charge in [0.25, 0.3) is 0 Å². The zero-order chi connectivity index (χ0) is 12.5. The number of hydrogen-bond acceptors (Lipinski definition) is 1. The first kappa shape index (κ1) is 13.0. The SMILES string of the molecule is CC1CCC(C2CCC3CCC(O)CC3C2)CC1. The van der Waals surface area contributed by atoms with Crippen LogP contribution in [0.1, 0.15) is 71.1 Å². The van der Waals surface area contributed by atoms with Crippen molar-refractivity contribution < 1.29 is 5.11 Å². The number of aliphatic hydroxyl groups is 1. The Morgan fingerprint density at radius 2 is 1.17 bits per heavy atom. The van der Waals surface area contributed by atoms with Gasteiger partial charge in [0, 0.05) is 0 Å². The quantitative estimate of drug-likeness (QED) is 0.732. The summed E-state index contributed by atoms with van der Waals surface area (Å²) in [4.78, 5) is 0. The Hall–Kier alpha value is -0.0400. The van der Waals surface area contributed by atoms with Crippen LogP contribution in [-0.4, -0.2) is 11.2 Å². The summed E-state index contributed by atoms with van der Waals surface area (Å²) < 4.78 is 0. The van der Waals surface area contributed by atoms with E-state index in [0.717, 1.165) is 42.4 Å². The van der Waals surface area contributed by atoms with Gasteiger partial charge in [0.15, 0.2) is 0 Å². The summed E-state index contributed by atoms with van der Waals surface area (Å²) in [5, 5.41) is 9.88. The second kappa shape index (κ2) is 5.53. The standard InChI is InChI=1S/C17H30O/c1-12-2-4-13(5-3-12)15-7-6-14-8-9-17(18)11-16(14)10-15/h12-18H,2-11H2,1H3. The van der Waals surface area contributed by atoms with Crippen LogP contribution >= 0.6 is 0 Å². The van der Waals surface area contributed by atoms with Gasteiger partial charge in [0.1, 0.15) is 0 Å². The van der Waals surface area contributed by atoms with Gasteiger partial charge in [-0.3, -0.25) is 0 Å². The molecule has 3 saturated carbocycles. The lowest BCUT2D eigenvalue weighted by atomic mass is 9.62. The maximum absolute atomic E-state index is 9.88. The lowest BCUT2D eigenvalue weighted by Gasteiger charge is -2.44. The van der Waals surface area contributed by atoms with Crippen molar-refractivity contribution in [3.8, 4) is 0 Å². The van der Waals surface area contributed by atoms with E-state index < -0.39 is 0 Å². The third kappa shape index (κ3) is 2.76. The fourth-order valence-corrected chi connectivity index (χ4v) is 5.09. The summed E-state index contributed by atoms with van der Waals surface area (Å²) in [6.07, 6.45) is 13.9. The van der Waals surface area contributed by atoms with Gasteiger partial charge >= 0.3 is 0 Å². The van der Waals surface area contributed by atoms with Crippen molar-refractivity contribution in [3.63, 3.8) is 0 Å². The minimum absolute atomic E-state index is 0.0244. The molecule has 0 heterocycles. The summed E-state index contributed by atoms with van der Waals surface area (Å²) in [6.45, 7) is 2.42. The first-order chi connectivity index (χ1) is 8.72. The highest BCUT2D eigenvalue weighted by molar-refractivity contribution is 4.89. The molecule has 18 heavy (non-hydrogen) atoms. The molecule has 1 heteroatoms. The number of aliphatic hydroxyl groups excluding tert-OH is 1. The highest BCUT2D eigenvalue weighted by Crippen LogP contribution is 2.47. The third-order valence-electron chi connectivity index (χ3n) is 6.35. The van der Waals surface area contributed by atoms with Gasteiger partial charge in [0.2, 0.25) is 0 Å². The highest BCUT2D eigenvalue weighted by Gasteiger charge is 2.38. The van der Waals surface area contributed by atoms with Gasteiger partial charge < -0.3 is 5.11 Å². The minimum atomic E-state index is 0.0244. The molecule has 3 rings (SSSR count). The topological polar surface area (TPSA) is 20.2 Å². The molecule has 0 aromatic heterocycles. The van der Waals surface area contributed by atoms with Gasteiger partial charge in [0.05, 0.1) is 6.10 Å². The molecule has 0 amide bonds. The summed E-state index contributed by atoms with van der Waals surface area (Å²) >= 11 is 0. The van der Waals surface area contributed by atoms with E-state index in [2.05, 4.69) is 6.92 Å². The lowest BCUT2D eigenvalue weighted by Crippen LogP contribution is -2.35. The van der Waals surface area contributed by atoms with Crippen LogP contribution < -0.4 is 0 Å². The predicted octanol–water partition coefficient (Wildman–Crippen LogP) is 4.39. The van der Waals surface area contributed by atoms with E-state index in [1.165, 1.54) is 51.4 Å². The molecule has 0 spiro atoms. The second-order valence-corrected chi connectivity index (χ2v) is 7.58. The van der Waals surface area contributed by atoms with E-state index in [9.17, 15) is 5.11 Å². The average molecular weight is 250 g/mol. The molecule has 3 aliphatic rings. The molecule has 104 valence electrons. The molecule has 0 saturated heterocycles. The molecule has 3 aliphatic carbocycles. The van der Waals surface area contributed by atoms with Crippen molar-refractivity contribution in [1.29, 1.82) is 0 Å². The zero-order valence-electron chi connectivity index (χ0n) is 12.0. The van der Waals surface area contributed by atoms with E-state index in [1.807, 2.05) is 0 Å².